The predicted molar refractivity (Wildman–Crippen MR) is 76.9 cm³/mol. The van der Waals surface area contributed by atoms with Crippen molar-refractivity contribution in [1.29, 1.82) is 0 Å². The molecule has 0 heterocycles. The van der Waals surface area contributed by atoms with E-state index in [-0.39, 0.29) is 12.1 Å². The highest BCUT2D eigenvalue weighted by atomic mass is 16.3. The van der Waals surface area contributed by atoms with E-state index in [1.54, 1.807) is 0 Å². The summed E-state index contributed by atoms with van der Waals surface area (Å²) >= 11 is 0. The van der Waals surface area contributed by atoms with Gasteiger partial charge >= 0.3 is 0 Å². The largest absolute Gasteiger partial charge is 0.394 e. The Labute approximate surface area is 110 Å². The van der Waals surface area contributed by atoms with Crippen molar-refractivity contribution in [1.82, 2.24) is 0 Å². The molecule has 1 fully saturated rings. The number of hydrogen-bond acceptors (Lipinski definition) is 2. The van der Waals surface area contributed by atoms with Crippen LogP contribution in [-0.4, -0.2) is 17.3 Å². The second-order valence-electron chi connectivity index (χ2n) is 5.97. The quantitative estimate of drug-likeness (QED) is 0.798. The van der Waals surface area contributed by atoms with Crippen LogP contribution in [0.2, 0.25) is 0 Å². The lowest BCUT2D eigenvalue weighted by atomic mass is 9.90. The van der Waals surface area contributed by atoms with E-state index in [4.69, 9.17) is 0 Å². The molecule has 2 nitrogen and oxygen atoms in total. The number of aliphatic hydroxyl groups excluding tert-OH is 1. The molecule has 100 valence electrons. The Balaban J connectivity index is 2.09. The summed E-state index contributed by atoms with van der Waals surface area (Å²) in [5.41, 5.74) is 2.29. The van der Waals surface area contributed by atoms with Gasteiger partial charge in [0.15, 0.2) is 0 Å². The SMILES string of the molecule is Cc1ccc(NC2(CO)CCCC(C)CC2)cc1. The van der Waals surface area contributed by atoms with Crippen LogP contribution < -0.4 is 5.32 Å². The Bertz CT molecular complexity index is 373. The molecule has 2 heteroatoms. The van der Waals surface area contributed by atoms with Gasteiger partial charge in [-0.15, -0.1) is 0 Å². The molecule has 1 aliphatic carbocycles. The van der Waals surface area contributed by atoms with Crippen LogP contribution in [0.15, 0.2) is 24.3 Å². The van der Waals surface area contributed by atoms with Crippen molar-refractivity contribution in [3.05, 3.63) is 29.8 Å². The zero-order valence-corrected chi connectivity index (χ0v) is 11.6. The molecule has 2 rings (SSSR count). The van der Waals surface area contributed by atoms with Crippen LogP contribution >= 0.6 is 0 Å². The third kappa shape index (κ3) is 3.26. The molecule has 1 aliphatic rings. The number of aryl methyl sites for hydroxylation is 1. The van der Waals surface area contributed by atoms with Crippen LogP contribution in [0.1, 0.15) is 44.6 Å². The Hall–Kier alpha value is -1.02. The summed E-state index contributed by atoms with van der Waals surface area (Å²) < 4.78 is 0. The Morgan fingerprint density at radius 3 is 2.61 bits per heavy atom. The van der Waals surface area contributed by atoms with Crippen molar-refractivity contribution >= 4 is 5.69 Å². The summed E-state index contributed by atoms with van der Waals surface area (Å²) in [6, 6.07) is 8.46. The second kappa shape index (κ2) is 5.75. The molecule has 2 N–H and O–H groups in total. The number of anilines is 1. The minimum absolute atomic E-state index is 0.111. The van der Waals surface area contributed by atoms with Crippen LogP contribution in [0.25, 0.3) is 0 Å². The second-order valence-corrected chi connectivity index (χ2v) is 5.97. The molecule has 2 unspecified atom stereocenters. The van der Waals surface area contributed by atoms with Crippen molar-refractivity contribution in [3.63, 3.8) is 0 Å². The van der Waals surface area contributed by atoms with E-state index in [2.05, 4.69) is 43.4 Å². The van der Waals surface area contributed by atoms with Gasteiger partial charge < -0.3 is 10.4 Å². The van der Waals surface area contributed by atoms with E-state index in [0.717, 1.165) is 24.4 Å². The van der Waals surface area contributed by atoms with Gasteiger partial charge in [0, 0.05) is 5.69 Å². The van der Waals surface area contributed by atoms with Crippen LogP contribution in [0.4, 0.5) is 5.69 Å². The summed E-state index contributed by atoms with van der Waals surface area (Å²) in [7, 11) is 0. The van der Waals surface area contributed by atoms with Gasteiger partial charge in [0.2, 0.25) is 0 Å². The summed E-state index contributed by atoms with van der Waals surface area (Å²) in [4.78, 5) is 0. The Morgan fingerprint density at radius 1 is 1.22 bits per heavy atom. The smallest absolute Gasteiger partial charge is 0.0661 e. The summed E-state index contributed by atoms with van der Waals surface area (Å²) in [6.07, 6.45) is 5.84. The monoisotopic (exact) mass is 247 g/mol. The molecule has 0 spiro atoms. The van der Waals surface area contributed by atoms with Gasteiger partial charge in [-0.3, -0.25) is 0 Å². The third-order valence-electron chi connectivity index (χ3n) is 4.23. The standard InChI is InChI=1S/C16H25NO/c1-13-4-3-10-16(12-18,11-9-13)17-15-7-5-14(2)6-8-15/h5-8,13,17-18H,3-4,9-12H2,1-2H3. The van der Waals surface area contributed by atoms with Crippen molar-refractivity contribution < 1.29 is 5.11 Å². The van der Waals surface area contributed by atoms with Crippen LogP contribution in [0.3, 0.4) is 0 Å². The van der Waals surface area contributed by atoms with E-state index in [1.165, 1.54) is 24.8 Å². The zero-order chi connectivity index (χ0) is 13.0. The highest BCUT2D eigenvalue weighted by molar-refractivity contribution is 5.46. The minimum Gasteiger partial charge on any atom is -0.394 e. The summed E-state index contributed by atoms with van der Waals surface area (Å²) in [5.74, 6) is 0.790. The lowest BCUT2D eigenvalue weighted by Crippen LogP contribution is -2.41. The Kier molecular flexibility index (Phi) is 4.28. The molecule has 0 radical (unpaired) electrons. The molecule has 2 atom stereocenters. The highest BCUT2D eigenvalue weighted by Crippen LogP contribution is 2.32. The average molecular weight is 247 g/mol. The zero-order valence-electron chi connectivity index (χ0n) is 11.6. The molecule has 18 heavy (non-hydrogen) atoms. The van der Waals surface area contributed by atoms with Gasteiger partial charge in [-0.2, -0.15) is 0 Å². The maximum atomic E-state index is 9.81. The van der Waals surface area contributed by atoms with Gasteiger partial charge in [0.1, 0.15) is 0 Å². The first-order valence-electron chi connectivity index (χ1n) is 7.09. The first-order valence-corrected chi connectivity index (χ1v) is 7.09. The fourth-order valence-corrected chi connectivity index (χ4v) is 2.85. The van der Waals surface area contributed by atoms with E-state index in [1.807, 2.05) is 0 Å². The lowest BCUT2D eigenvalue weighted by Gasteiger charge is -2.33. The fraction of sp³-hybridized carbons (Fsp3) is 0.625. The molecule has 1 saturated carbocycles. The normalized spacial score (nSPS) is 28.7. The molecular weight excluding hydrogens is 222 g/mol. The van der Waals surface area contributed by atoms with Crippen LogP contribution in [-0.2, 0) is 0 Å². The van der Waals surface area contributed by atoms with E-state index < -0.39 is 0 Å². The van der Waals surface area contributed by atoms with Crippen LogP contribution in [0.5, 0.6) is 0 Å². The van der Waals surface area contributed by atoms with E-state index >= 15 is 0 Å². The molecule has 0 saturated heterocycles. The maximum absolute atomic E-state index is 9.81. The topological polar surface area (TPSA) is 32.3 Å². The molecule has 0 aromatic heterocycles. The number of hydrogen-bond donors (Lipinski definition) is 2. The van der Waals surface area contributed by atoms with Gasteiger partial charge in [-0.1, -0.05) is 37.5 Å². The van der Waals surface area contributed by atoms with Gasteiger partial charge in [-0.25, -0.2) is 0 Å². The third-order valence-corrected chi connectivity index (χ3v) is 4.23. The van der Waals surface area contributed by atoms with Crippen molar-refractivity contribution in [2.75, 3.05) is 11.9 Å². The van der Waals surface area contributed by atoms with E-state index in [9.17, 15) is 5.11 Å². The maximum Gasteiger partial charge on any atom is 0.0661 e. The van der Waals surface area contributed by atoms with Gasteiger partial charge in [0.25, 0.3) is 0 Å². The molecule has 0 aliphatic heterocycles. The average Bonchev–Trinajstić information content (AvgIpc) is 2.56. The first-order chi connectivity index (χ1) is 8.63. The van der Waals surface area contributed by atoms with Crippen molar-refractivity contribution in [2.45, 2.75) is 51.5 Å². The number of rotatable bonds is 3. The Morgan fingerprint density at radius 2 is 1.94 bits per heavy atom. The fourth-order valence-electron chi connectivity index (χ4n) is 2.85. The van der Waals surface area contributed by atoms with Gasteiger partial charge in [0.05, 0.1) is 12.1 Å². The first kappa shape index (κ1) is 13.4. The minimum atomic E-state index is -0.111. The lowest BCUT2D eigenvalue weighted by molar-refractivity contribution is 0.195. The van der Waals surface area contributed by atoms with Crippen molar-refractivity contribution in [3.8, 4) is 0 Å². The molecule has 0 amide bonds. The van der Waals surface area contributed by atoms with E-state index in [0.29, 0.717) is 0 Å². The molecule has 0 bridgehead atoms. The number of nitrogens with one attached hydrogen (secondary N) is 1. The van der Waals surface area contributed by atoms with Gasteiger partial charge in [-0.05, 0) is 44.2 Å². The molecule has 1 aromatic carbocycles. The highest BCUT2D eigenvalue weighted by Gasteiger charge is 2.31. The van der Waals surface area contributed by atoms with Crippen LogP contribution in [0, 0.1) is 12.8 Å². The summed E-state index contributed by atoms with van der Waals surface area (Å²) in [5, 5.41) is 13.4. The molecule has 1 aromatic rings. The molecular formula is C16H25NO. The predicted octanol–water partition coefficient (Wildman–Crippen LogP) is 3.74. The number of aliphatic hydroxyl groups is 1. The van der Waals surface area contributed by atoms with Crippen molar-refractivity contribution in [2.24, 2.45) is 5.92 Å². The summed E-state index contributed by atoms with van der Waals surface area (Å²) in [6.45, 7) is 4.64. The number of benzene rings is 1.